The van der Waals surface area contributed by atoms with Crippen LogP contribution in [0.15, 0.2) is 11.7 Å². The molecule has 1 heterocycles. The van der Waals surface area contributed by atoms with Crippen molar-refractivity contribution in [1.29, 1.82) is 0 Å². The summed E-state index contributed by atoms with van der Waals surface area (Å²) in [5.41, 5.74) is -1.51. The molecule has 1 rings (SSSR count). The maximum absolute atomic E-state index is 12.0. The first-order chi connectivity index (χ1) is 8.33. The fourth-order valence-corrected chi connectivity index (χ4v) is 2.03. The molecule has 1 aliphatic rings. The molecule has 7 heteroatoms. The van der Waals surface area contributed by atoms with Crippen molar-refractivity contribution in [3.05, 3.63) is 11.7 Å². The summed E-state index contributed by atoms with van der Waals surface area (Å²) in [5, 5.41) is 11.7. The fourth-order valence-electron chi connectivity index (χ4n) is 2.03. The molecule has 0 saturated carbocycles. The van der Waals surface area contributed by atoms with Crippen molar-refractivity contribution in [2.45, 2.75) is 45.0 Å². The third-order valence-corrected chi connectivity index (χ3v) is 2.62. The van der Waals surface area contributed by atoms with Gasteiger partial charge in [-0.25, -0.2) is 4.79 Å². The van der Waals surface area contributed by atoms with Gasteiger partial charge >= 0.3 is 24.8 Å². The van der Waals surface area contributed by atoms with E-state index in [1.165, 1.54) is 14.2 Å². The second-order valence-electron chi connectivity index (χ2n) is 4.49. The summed E-state index contributed by atoms with van der Waals surface area (Å²) in [6, 6.07) is 0. The monoisotopic (exact) mass is 266 g/mol. The zero-order valence-electron chi connectivity index (χ0n) is 12.4. The Balaban J connectivity index is 0.00000324. The summed E-state index contributed by atoms with van der Waals surface area (Å²) in [6.45, 7) is 5.11. The van der Waals surface area contributed by atoms with E-state index in [1.807, 2.05) is 6.92 Å². The molecule has 104 valence electrons. The van der Waals surface area contributed by atoms with E-state index in [1.54, 1.807) is 13.8 Å². The van der Waals surface area contributed by atoms with Crippen LogP contribution in [0.2, 0.25) is 0 Å². The van der Waals surface area contributed by atoms with Gasteiger partial charge in [-0.15, -0.1) is 0 Å². The SMILES string of the molecule is CCC[C@@]1(C(=O)OC)OC(C)(C)O/C1=C(\[O-])OC.[Li+]. The van der Waals surface area contributed by atoms with Gasteiger partial charge in [0.15, 0.2) is 5.76 Å². The minimum Gasteiger partial charge on any atom is -0.614 e. The molecule has 0 unspecified atom stereocenters. The van der Waals surface area contributed by atoms with E-state index in [-0.39, 0.29) is 31.0 Å². The summed E-state index contributed by atoms with van der Waals surface area (Å²) in [6.07, 6.45) is 0.905. The summed E-state index contributed by atoms with van der Waals surface area (Å²) in [7, 11) is 2.46. The van der Waals surface area contributed by atoms with Gasteiger partial charge in [-0.1, -0.05) is 13.3 Å². The van der Waals surface area contributed by atoms with Crippen molar-refractivity contribution in [2.75, 3.05) is 14.2 Å². The number of rotatable bonds is 4. The Morgan fingerprint density at radius 1 is 1.32 bits per heavy atom. The molecule has 6 nitrogen and oxygen atoms in total. The van der Waals surface area contributed by atoms with Gasteiger partial charge < -0.3 is 24.1 Å². The predicted octanol–water partition coefficient (Wildman–Crippen LogP) is -2.34. The molecule has 1 aliphatic heterocycles. The van der Waals surface area contributed by atoms with Gasteiger partial charge in [0.2, 0.25) is 11.4 Å². The summed E-state index contributed by atoms with van der Waals surface area (Å²) >= 11 is 0. The Morgan fingerprint density at radius 2 is 1.89 bits per heavy atom. The maximum Gasteiger partial charge on any atom is 1.00 e. The third kappa shape index (κ3) is 3.38. The molecule has 0 aromatic carbocycles. The number of carbonyl (C=O) groups excluding carboxylic acids is 1. The van der Waals surface area contributed by atoms with Crippen LogP contribution in [0.4, 0.5) is 0 Å². The van der Waals surface area contributed by atoms with Gasteiger partial charge in [0.05, 0.1) is 13.1 Å². The molecular weight excluding hydrogens is 247 g/mol. The van der Waals surface area contributed by atoms with Crippen LogP contribution in [0.3, 0.4) is 0 Å². The van der Waals surface area contributed by atoms with E-state index in [4.69, 9.17) is 14.2 Å². The molecule has 19 heavy (non-hydrogen) atoms. The van der Waals surface area contributed by atoms with E-state index in [0.717, 1.165) is 0 Å². The van der Waals surface area contributed by atoms with Crippen LogP contribution >= 0.6 is 0 Å². The van der Waals surface area contributed by atoms with Crippen LogP contribution in [0.1, 0.15) is 33.6 Å². The first kappa shape index (κ1) is 18.2. The minimum atomic E-state index is -1.51. The quantitative estimate of drug-likeness (QED) is 0.322. The molecular formula is C12H19LiO6. The van der Waals surface area contributed by atoms with Crippen molar-refractivity contribution >= 4 is 5.97 Å². The summed E-state index contributed by atoms with van der Waals surface area (Å²) < 4.78 is 20.4. The normalized spacial score (nSPS) is 27.0. The second kappa shape index (κ2) is 6.55. The zero-order valence-corrected chi connectivity index (χ0v) is 12.4. The Kier molecular flexibility index (Phi) is 6.27. The maximum atomic E-state index is 12.0. The summed E-state index contributed by atoms with van der Waals surface area (Å²) in [5.74, 6) is -2.61. The molecule has 0 N–H and O–H groups in total. The molecule has 0 aromatic heterocycles. The van der Waals surface area contributed by atoms with Gasteiger partial charge in [-0.05, 0) is 13.5 Å². The van der Waals surface area contributed by atoms with Crippen LogP contribution in [0, 0.1) is 0 Å². The van der Waals surface area contributed by atoms with Crippen LogP contribution in [-0.2, 0) is 23.7 Å². The smallest absolute Gasteiger partial charge is 0.614 e. The van der Waals surface area contributed by atoms with E-state index >= 15 is 0 Å². The van der Waals surface area contributed by atoms with Crippen LogP contribution in [-0.4, -0.2) is 31.6 Å². The number of carbonyl (C=O) groups is 1. The number of ether oxygens (including phenoxy) is 4. The molecule has 0 amide bonds. The van der Waals surface area contributed by atoms with Crippen molar-refractivity contribution < 1.29 is 47.7 Å². The number of hydrogen-bond acceptors (Lipinski definition) is 6. The van der Waals surface area contributed by atoms with E-state index in [9.17, 15) is 9.90 Å². The Hall–Kier alpha value is -0.833. The standard InChI is InChI=1S/C12H20O6.Li/c1-6-7-12(10(14)16-5)8(9(13)15-4)17-11(2,3)18-12;/h13H,6-7H2,1-5H3;/q;+1/p-1/b9-8+;/t12-;/m1./s1. The van der Waals surface area contributed by atoms with Crippen LogP contribution in [0.5, 0.6) is 0 Å². The first-order valence-corrected chi connectivity index (χ1v) is 5.76. The van der Waals surface area contributed by atoms with Gasteiger partial charge in [-0.3, -0.25) is 0 Å². The largest absolute Gasteiger partial charge is 1.00 e. The zero-order chi connectivity index (χ0) is 14.0. The van der Waals surface area contributed by atoms with Crippen molar-refractivity contribution in [3.63, 3.8) is 0 Å². The minimum absolute atomic E-state index is 0. The molecule has 1 atom stereocenters. The van der Waals surface area contributed by atoms with Crippen LogP contribution < -0.4 is 24.0 Å². The third-order valence-electron chi connectivity index (χ3n) is 2.62. The fraction of sp³-hybridized carbons (Fsp3) is 0.750. The number of hydrogen-bond donors (Lipinski definition) is 0. The van der Waals surface area contributed by atoms with E-state index in [0.29, 0.717) is 6.42 Å². The van der Waals surface area contributed by atoms with Crippen LogP contribution in [0.25, 0.3) is 0 Å². The second-order valence-corrected chi connectivity index (χ2v) is 4.49. The molecule has 0 radical (unpaired) electrons. The Morgan fingerprint density at radius 3 is 2.32 bits per heavy atom. The average Bonchev–Trinajstić information content (AvgIpc) is 2.60. The molecule has 0 aliphatic carbocycles. The van der Waals surface area contributed by atoms with E-state index < -0.39 is 23.3 Å². The number of methoxy groups -OCH3 is 2. The Bertz CT molecular complexity index is 365. The van der Waals surface area contributed by atoms with E-state index in [2.05, 4.69) is 4.74 Å². The molecule has 1 saturated heterocycles. The van der Waals surface area contributed by atoms with Gasteiger partial charge in [0, 0.05) is 13.8 Å². The molecule has 1 fully saturated rings. The van der Waals surface area contributed by atoms with Crippen molar-refractivity contribution in [1.82, 2.24) is 0 Å². The Labute approximate surface area is 125 Å². The molecule has 0 bridgehead atoms. The topological polar surface area (TPSA) is 77.1 Å². The van der Waals surface area contributed by atoms with Crippen molar-refractivity contribution in [3.8, 4) is 0 Å². The average molecular weight is 266 g/mol. The van der Waals surface area contributed by atoms with Crippen molar-refractivity contribution in [2.24, 2.45) is 0 Å². The molecule has 0 spiro atoms. The molecule has 0 aromatic rings. The predicted molar refractivity (Wildman–Crippen MR) is 59.9 cm³/mol. The first-order valence-electron chi connectivity index (χ1n) is 5.76. The number of esters is 1. The van der Waals surface area contributed by atoms with Gasteiger partial charge in [0.25, 0.3) is 0 Å². The summed E-state index contributed by atoms with van der Waals surface area (Å²) in [4.78, 5) is 12.0. The van der Waals surface area contributed by atoms with Gasteiger partial charge in [-0.2, -0.15) is 0 Å². The van der Waals surface area contributed by atoms with Gasteiger partial charge in [0.1, 0.15) is 0 Å².